The van der Waals surface area contributed by atoms with Crippen molar-refractivity contribution in [3.63, 3.8) is 0 Å². The van der Waals surface area contributed by atoms with Gasteiger partial charge >= 0.3 is 0 Å². The van der Waals surface area contributed by atoms with Gasteiger partial charge in [0.1, 0.15) is 5.75 Å². The predicted molar refractivity (Wildman–Crippen MR) is 70.7 cm³/mol. The Hall–Kier alpha value is -1.55. The van der Waals surface area contributed by atoms with Crippen molar-refractivity contribution >= 4 is 5.91 Å². The summed E-state index contributed by atoms with van der Waals surface area (Å²) in [4.78, 5) is 12.1. The molecule has 18 heavy (non-hydrogen) atoms. The van der Waals surface area contributed by atoms with E-state index < -0.39 is 5.54 Å². The number of rotatable bonds is 5. The van der Waals surface area contributed by atoms with Crippen LogP contribution in [-0.2, 0) is 0 Å². The molecule has 0 aliphatic heterocycles. The first-order valence-electron chi connectivity index (χ1n) is 6.15. The number of carbonyl (C=O) groups excluding carboxylic acids is 1. The second-order valence-corrected chi connectivity index (χ2v) is 4.84. The summed E-state index contributed by atoms with van der Waals surface area (Å²) in [6, 6.07) is 4.85. The van der Waals surface area contributed by atoms with Crippen molar-refractivity contribution in [2.24, 2.45) is 0 Å². The smallest absolute Gasteiger partial charge is 0.251 e. The molecule has 3 N–H and O–H groups in total. The molecule has 1 unspecified atom stereocenters. The van der Waals surface area contributed by atoms with E-state index in [0.717, 1.165) is 12.0 Å². The van der Waals surface area contributed by atoms with Crippen LogP contribution < -0.4 is 5.32 Å². The van der Waals surface area contributed by atoms with Crippen LogP contribution >= 0.6 is 0 Å². The lowest BCUT2D eigenvalue weighted by atomic mass is 9.94. The molecule has 1 aromatic carbocycles. The molecule has 1 amide bonds. The van der Waals surface area contributed by atoms with Gasteiger partial charge in [0.15, 0.2) is 0 Å². The van der Waals surface area contributed by atoms with Crippen molar-refractivity contribution < 1.29 is 15.0 Å². The summed E-state index contributed by atoms with van der Waals surface area (Å²) in [5.41, 5.74) is 0.739. The third kappa shape index (κ3) is 3.47. The number of aromatic hydroxyl groups is 1. The summed E-state index contributed by atoms with van der Waals surface area (Å²) in [5.74, 6) is -0.119. The maximum absolute atomic E-state index is 12.1. The standard InChI is InChI=1S/C14H21NO3/c1-4-14(3,7-8-16)15-13(18)11-6-5-10(2)12(17)9-11/h5-6,9,16-17H,4,7-8H2,1-3H3,(H,15,18). The fourth-order valence-electron chi connectivity index (χ4n) is 1.67. The minimum absolute atomic E-state index is 0.0315. The molecule has 0 heterocycles. The molecule has 4 heteroatoms. The van der Waals surface area contributed by atoms with Crippen molar-refractivity contribution in [3.05, 3.63) is 29.3 Å². The fraction of sp³-hybridized carbons (Fsp3) is 0.500. The third-order valence-corrected chi connectivity index (χ3v) is 3.33. The van der Waals surface area contributed by atoms with Crippen LogP contribution in [0.4, 0.5) is 0 Å². The van der Waals surface area contributed by atoms with Gasteiger partial charge in [-0.2, -0.15) is 0 Å². The van der Waals surface area contributed by atoms with E-state index in [9.17, 15) is 9.90 Å². The highest BCUT2D eigenvalue weighted by Gasteiger charge is 2.24. The fourth-order valence-corrected chi connectivity index (χ4v) is 1.67. The number of hydrogen-bond donors (Lipinski definition) is 3. The van der Waals surface area contributed by atoms with Crippen LogP contribution in [0.5, 0.6) is 5.75 Å². The van der Waals surface area contributed by atoms with Gasteiger partial charge < -0.3 is 15.5 Å². The normalized spacial score (nSPS) is 14.0. The Morgan fingerprint density at radius 1 is 1.44 bits per heavy atom. The van der Waals surface area contributed by atoms with E-state index >= 15 is 0 Å². The second-order valence-electron chi connectivity index (χ2n) is 4.84. The highest BCUT2D eigenvalue weighted by atomic mass is 16.3. The second kappa shape index (κ2) is 5.87. The van der Waals surface area contributed by atoms with E-state index in [1.165, 1.54) is 6.07 Å². The highest BCUT2D eigenvalue weighted by Crippen LogP contribution is 2.19. The van der Waals surface area contributed by atoms with E-state index in [4.69, 9.17) is 5.11 Å². The Kier molecular flexibility index (Phi) is 4.73. The summed E-state index contributed by atoms with van der Waals surface area (Å²) >= 11 is 0. The number of nitrogens with one attached hydrogen (secondary N) is 1. The van der Waals surface area contributed by atoms with Crippen molar-refractivity contribution in [1.82, 2.24) is 5.32 Å². The lowest BCUT2D eigenvalue weighted by molar-refractivity contribution is 0.0885. The zero-order valence-corrected chi connectivity index (χ0v) is 11.2. The largest absolute Gasteiger partial charge is 0.508 e. The molecule has 1 aromatic rings. The molecule has 0 aliphatic rings. The van der Waals surface area contributed by atoms with E-state index in [-0.39, 0.29) is 18.3 Å². The molecule has 0 saturated carbocycles. The van der Waals surface area contributed by atoms with Gasteiger partial charge in [-0.15, -0.1) is 0 Å². The first-order valence-corrected chi connectivity index (χ1v) is 6.15. The summed E-state index contributed by atoms with van der Waals surface area (Å²) in [5, 5.41) is 21.5. The number of hydrogen-bond acceptors (Lipinski definition) is 3. The molecular weight excluding hydrogens is 230 g/mol. The van der Waals surface area contributed by atoms with Crippen LogP contribution in [0.25, 0.3) is 0 Å². The molecule has 0 saturated heterocycles. The lowest BCUT2D eigenvalue weighted by Gasteiger charge is -2.29. The average molecular weight is 251 g/mol. The molecule has 1 rings (SSSR count). The van der Waals surface area contributed by atoms with Gasteiger partial charge in [0.2, 0.25) is 0 Å². The SMILES string of the molecule is CCC(C)(CCO)NC(=O)c1ccc(C)c(O)c1. The summed E-state index contributed by atoms with van der Waals surface area (Å²) in [7, 11) is 0. The first-order chi connectivity index (χ1) is 8.41. The van der Waals surface area contributed by atoms with Crippen molar-refractivity contribution in [2.45, 2.75) is 39.2 Å². The van der Waals surface area contributed by atoms with Crippen molar-refractivity contribution in [3.8, 4) is 5.75 Å². The van der Waals surface area contributed by atoms with Gasteiger partial charge in [0.25, 0.3) is 5.91 Å². The van der Waals surface area contributed by atoms with Crippen molar-refractivity contribution in [1.29, 1.82) is 0 Å². The Bertz CT molecular complexity index is 431. The van der Waals surface area contributed by atoms with Gasteiger partial charge in [-0.1, -0.05) is 13.0 Å². The summed E-state index contributed by atoms with van der Waals surface area (Å²) < 4.78 is 0. The molecule has 0 fully saturated rings. The molecule has 0 bridgehead atoms. The number of phenolic OH excluding ortho intramolecular Hbond substituents is 1. The summed E-state index contributed by atoms with van der Waals surface area (Å²) in [6.45, 7) is 5.67. The average Bonchev–Trinajstić information content (AvgIpc) is 2.32. The van der Waals surface area contributed by atoms with Gasteiger partial charge in [0.05, 0.1) is 0 Å². The van der Waals surface area contributed by atoms with Crippen LogP contribution in [0.15, 0.2) is 18.2 Å². The number of aryl methyl sites for hydroxylation is 1. The first kappa shape index (κ1) is 14.5. The van der Waals surface area contributed by atoms with Crippen LogP contribution in [0.3, 0.4) is 0 Å². The quantitative estimate of drug-likeness (QED) is 0.749. The monoisotopic (exact) mass is 251 g/mol. The van der Waals surface area contributed by atoms with Crippen LogP contribution in [0.1, 0.15) is 42.6 Å². The van der Waals surface area contributed by atoms with Gasteiger partial charge in [0, 0.05) is 17.7 Å². The topological polar surface area (TPSA) is 69.6 Å². The maximum atomic E-state index is 12.1. The van der Waals surface area contributed by atoms with Gasteiger partial charge in [-0.05, 0) is 44.4 Å². The minimum Gasteiger partial charge on any atom is -0.508 e. The number of phenols is 1. The van der Waals surface area contributed by atoms with Crippen LogP contribution in [0.2, 0.25) is 0 Å². The minimum atomic E-state index is -0.424. The maximum Gasteiger partial charge on any atom is 0.251 e. The van der Waals surface area contributed by atoms with E-state index in [1.807, 2.05) is 13.8 Å². The Labute approximate surface area is 108 Å². The zero-order chi connectivity index (χ0) is 13.8. The number of amides is 1. The molecule has 1 atom stereocenters. The molecule has 100 valence electrons. The van der Waals surface area contributed by atoms with E-state index in [2.05, 4.69) is 5.32 Å². The van der Waals surface area contributed by atoms with Gasteiger partial charge in [-0.3, -0.25) is 4.79 Å². The number of aliphatic hydroxyl groups excluding tert-OH is 1. The molecular formula is C14H21NO3. The molecule has 0 aliphatic carbocycles. The van der Waals surface area contributed by atoms with Gasteiger partial charge in [-0.25, -0.2) is 0 Å². The Morgan fingerprint density at radius 3 is 2.61 bits per heavy atom. The predicted octanol–water partition coefficient (Wildman–Crippen LogP) is 1.98. The lowest BCUT2D eigenvalue weighted by Crippen LogP contribution is -2.46. The van der Waals surface area contributed by atoms with Crippen molar-refractivity contribution in [2.75, 3.05) is 6.61 Å². The summed E-state index contributed by atoms with van der Waals surface area (Å²) in [6.07, 6.45) is 1.24. The Morgan fingerprint density at radius 2 is 2.11 bits per heavy atom. The number of benzene rings is 1. The van der Waals surface area contributed by atoms with E-state index in [0.29, 0.717) is 12.0 Å². The van der Waals surface area contributed by atoms with Crippen LogP contribution in [0, 0.1) is 6.92 Å². The number of carbonyl (C=O) groups is 1. The third-order valence-electron chi connectivity index (χ3n) is 3.33. The molecule has 0 aromatic heterocycles. The van der Waals surface area contributed by atoms with E-state index in [1.54, 1.807) is 19.1 Å². The molecule has 0 radical (unpaired) electrons. The molecule has 4 nitrogen and oxygen atoms in total. The van der Waals surface area contributed by atoms with Crippen LogP contribution in [-0.4, -0.2) is 28.3 Å². The zero-order valence-electron chi connectivity index (χ0n) is 11.2. The number of aliphatic hydroxyl groups is 1. The highest BCUT2D eigenvalue weighted by molar-refractivity contribution is 5.95. The Balaban J connectivity index is 2.84. The molecule has 0 spiro atoms.